The molecule has 1 aromatic heterocycles. The maximum atomic E-state index is 13.7. The number of esters is 1. The topological polar surface area (TPSA) is 44.1 Å². The van der Waals surface area contributed by atoms with E-state index in [2.05, 4.69) is 0 Å². The van der Waals surface area contributed by atoms with Gasteiger partial charge < -0.3 is 9.30 Å². The van der Waals surface area contributed by atoms with Crippen molar-refractivity contribution in [2.45, 2.75) is 24.4 Å². The van der Waals surface area contributed by atoms with Crippen LogP contribution in [-0.2, 0) is 17.0 Å². The highest BCUT2D eigenvalue weighted by molar-refractivity contribution is 7.98. The minimum Gasteiger partial charge on any atom is -0.462 e. The Morgan fingerprint density at radius 1 is 1.13 bits per heavy atom. The fourth-order valence-electron chi connectivity index (χ4n) is 3.29. The summed E-state index contributed by atoms with van der Waals surface area (Å²) in [5.41, 5.74) is 3.83. The molecule has 0 N–H and O–H groups in total. The van der Waals surface area contributed by atoms with Crippen LogP contribution in [0.1, 0.15) is 28.4 Å². The zero-order chi connectivity index (χ0) is 21.8. The number of ether oxygens (including phenoxy) is 1. The molecule has 0 fully saturated rings. The normalized spacial score (nSPS) is 11.1. The van der Waals surface area contributed by atoms with Gasteiger partial charge in [0.15, 0.2) is 5.16 Å². The molecule has 0 radical (unpaired) electrons. The molecule has 0 amide bonds. The molecule has 31 heavy (non-hydrogen) atoms. The highest BCUT2D eigenvalue weighted by Crippen LogP contribution is 2.30. The van der Waals surface area contributed by atoms with Gasteiger partial charge in [0.1, 0.15) is 5.82 Å². The Morgan fingerprint density at radius 3 is 2.74 bits per heavy atom. The van der Waals surface area contributed by atoms with Gasteiger partial charge in [0.2, 0.25) is 0 Å². The summed E-state index contributed by atoms with van der Waals surface area (Å²) in [5.74, 6) is -0.0252. The molecule has 0 spiro atoms. The molecule has 0 saturated heterocycles. The summed E-state index contributed by atoms with van der Waals surface area (Å²) in [6, 6.07) is 19.5. The number of imidazole rings is 1. The second-order valence-corrected chi connectivity index (χ2v) is 8.26. The minimum atomic E-state index is -0.380. The number of halogens is 2. The van der Waals surface area contributed by atoms with Crippen LogP contribution < -0.4 is 0 Å². The van der Waals surface area contributed by atoms with E-state index in [1.807, 2.05) is 41.0 Å². The van der Waals surface area contributed by atoms with Gasteiger partial charge in [-0.25, -0.2) is 14.2 Å². The monoisotopic (exact) mass is 454 g/mol. The van der Waals surface area contributed by atoms with Gasteiger partial charge in [-0.15, -0.1) is 0 Å². The third-order valence-corrected chi connectivity index (χ3v) is 6.16. The first-order valence-corrected chi connectivity index (χ1v) is 11.2. The molecule has 0 bridgehead atoms. The third kappa shape index (κ3) is 4.92. The van der Waals surface area contributed by atoms with Crippen molar-refractivity contribution >= 4 is 40.4 Å². The lowest BCUT2D eigenvalue weighted by Gasteiger charge is -2.10. The molecular weight excluding hydrogens is 435 g/mol. The molecule has 0 aliphatic heterocycles. The fraction of sp³-hybridized carbons (Fsp3) is 0.167. The van der Waals surface area contributed by atoms with E-state index in [4.69, 9.17) is 21.3 Å². The molecule has 158 valence electrons. The van der Waals surface area contributed by atoms with Crippen LogP contribution in [0.2, 0.25) is 5.02 Å². The number of hydrogen-bond donors (Lipinski definition) is 0. The Hall–Kier alpha value is -2.83. The van der Waals surface area contributed by atoms with Crippen molar-refractivity contribution in [1.82, 2.24) is 9.55 Å². The molecule has 0 aliphatic carbocycles. The number of hydrogen-bond acceptors (Lipinski definition) is 4. The van der Waals surface area contributed by atoms with Gasteiger partial charge in [-0.1, -0.05) is 53.7 Å². The fourth-order valence-corrected chi connectivity index (χ4v) is 4.59. The van der Waals surface area contributed by atoms with Gasteiger partial charge in [0.05, 0.1) is 29.7 Å². The van der Waals surface area contributed by atoms with Crippen LogP contribution in [0, 0.1) is 5.82 Å². The lowest BCUT2D eigenvalue weighted by atomic mass is 10.2. The minimum absolute atomic E-state index is 0.281. The summed E-state index contributed by atoms with van der Waals surface area (Å²) in [7, 11) is 0. The van der Waals surface area contributed by atoms with E-state index in [-0.39, 0.29) is 11.8 Å². The highest BCUT2D eigenvalue weighted by atomic mass is 35.5. The van der Waals surface area contributed by atoms with Crippen molar-refractivity contribution < 1.29 is 13.9 Å². The quantitative estimate of drug-likeness (QED) is 0.241. The third-order valence-electron chi connectivity index (χ3n) is 4.77. The number of rotatable bonds is 7. The second kappa shape index (κ2) is 9.54. The number of nitrogens with zero attached hydrogens (tertiary/aromatic N) is 2. The Morgan fingerprint density at radius 2 is 1.97 bits per heavy atom. The molecule has 3 aromatic carbocycles. The van der Waals surface area contributed by atoms with Gasteiger partial charge >= 0.3 is 5.97 Å². The average molecular weight is 455 g/mol. The van der Waals surface area contributed by atoms with Crippen molar-refractivity contribution in [3.05, 3.63) is 94.3 Å². The Balaban J connectivity index is 1.72. The standard InChI is InChI=1S/C24H20ClFN2O2S/c1-2-30-23(29)17-10-11-22-21(13-17)27-24(31-15-18-7-3-4-9-20(18)25)28(22)14-16-6-5-8-19(26)12-16/h3-13H,2,14-15H2,1H3. The number of thioether (sulfide) groups is 1. The first-order chi connectivity index (χ1) is 15.0. The molecule has 4 nitrogen and oxygen atoms in total. The van der Waals surface area contributed by atoms with E-state index >= 15 is 0 Å². The zero-order valence-electron chi connectivity index (χ0n) is 16.8. The van der Waals surface area contributed by atoms with Crippen molar-refractivity contribution in [3.8, 4) is 0 Å². The van der Waals surface area contributed by atoms with E-state index in [1.54, 1.807) is 36.9 Å². The average Bonchev–Trinajstić information content (AvgIpc) is 3.10. The summed E-state index contributed by atoms with van der Waals surface area (Å²) in [5, 5.41) is 1.47. The summed E-state index contributed by atoms with van der Waals surface area (Å²) >= 11 is 7.85. The van der Waals surface area contributed by atoms with E-state index in [9.17, 15) is 9.18 Å². The van der Waals surface area contributed by atoms with Gasteiger partial charge in [0.25, 0.3) is 0 Å². The Bertz CT molecular complexity index is 1240. The SMILES string of the molecule is CCOC(=O)c1ccc2c(c1)nc(SCc1ccccc1Cl)n2Cc1cccc(F)c1. The molecule has 7 heteroatoms. The first kappa shape index (κ1) is 21.4. The van der Waals surface area contributed by atoms with E-state index in [0.717, 1.165) is 21.8 Å². The molecule has 0 saturated carbocycles. The van der Waals surface area contributed by atoms with Crippen molar-refractivity contribution in [2.75, 3.05) is 6.61 Å². The number of aromatic nitrogens is 2. The molecule has 1 heterocycles. The number of carbonyl (C=O) groups excluding carboxylic acids is 1. The van der Waals surface area contributed by atoms with E-state index in [1.165, 1.54) is 12.1 Å². The van der Waals surface area contributed by atoms with Crippen LogP contribution in [0.5, 0.6) is 0 Å². The molecule has 0 atom stereocenters. The predicted molar refractivity (Wildman–Crippen MR) is 122 cm³/mol. The van der Waals surface area contributed by atoms with Crippen molar-refractivity contribution in [1.29, 1.82) is 0 Å². The largest absolute Gasteiger partial charge is 0.462 e. The van der Waals surface area contributed by atoms with Crippen LogP contribution in [0.15, 0.2) is 71.9 Å². The van der Waals surface area contributed by atoms with Crippen molar-refractivity contribution in [3.63, 3.8) is 0 Å². The van der Waals surface area contributed by atoms with E-state index < -0.39 is 0 Å². The van der Waals surface area contributed by atoms with Gasteiger partial charge in [-0.05, 0) is 54.4 Å². The maximum Gasteiger partial charge on any atom is 0.338 e. The summed E-state index contributed by atoms with van der Waals surface area (Å²) < 4.78 is 20.9. The van der Waals surface area contributed by atoms with Crippen LogP contribution in [0.25, 0.3) is 11.0 Å². The van der Waals surface area contributed by atoms with Gasteiger partial charge in [-0.2, -0.15) is 0 Å². The molecule has 0 aliphatic rings. The lowest BCUT2D eigenvalue weighted by Crippen LogP contribution is -2.05. The van der Waals surface area contributed by atoms with Crippen LogP contribution in [-0.4, -0.2) is 22.1 Å². The smallest absolute Gasteiger partial charge is 0.338 e. The molecule has 0 unspecified atom stereocenters. The van der Waals surface area contributed by atoms with E-state index in [0.29, 0.717) is 35.0 Å². The zero-order valence-corrected chi connectivity index (χ0v) is 18.4. The number of carbonyl (C=O) groups is 1. The molecule has 4 aromatic rings. The summed E-state index contributed by atoms with van der Waals surface area (Å²) in [6.45, 7) is 2.54. The van der Waals surface area contributed by atoms with Crippen LogP contribution in [0.4, 0.5) is 4.39 Å². The summed E-state index contributed by atoms with van der Waals surface area (Å²) in [6.07, 6.45) is 0. The van der Waals surface area contributed by atoms with Gasteiger partial charge in [0, 0.05) is 10.8 Å². The summed E-state index contributed by atoms with van der Waals surface area (Å²) in [4.78, 5) is 16.9. The maximum absolute atomic E-state index is 13.7. The number of benzene rings is 3. The second-order valence-electron chi connectivity index (χ2n) is 6.91. The van der Waals surface area contributed by atoms with Crippen LogP contribution >= 0.6 is 23.4 Å². The Labute approximate surface area is 189 Å². The molecule has 4 rings (SSSR count). The molecular formula is C24H20ClFN2O2S. The van der Waals surface area contributed by atoms with Crippen molar-refractivity contribution in [2.24, 2.45) is 0 Å². The van der Waals surface area contributed by atoms with Gasteiger partial charge in [-0.3, -0.25) is 0 Å². The highest BCUT2D eigenvalue weighted by Gasteiger charge is 2.16. The van der Waals surface area contributed by atoms with Crippen LogP contribution in [0.3, 0.4) is 0 Å². The Kier molecular flexibility index (Phi) is 6.59. The lowest BCUT2D eigenvalue weighted by molar-refractivity contribution is 0.0526. The number of fused-ring (bicyclic) bond motifs is 1. The predicted octanol–water partition coefficient (Wildman–Crippen LogP) is 6.35. The first-order valence-electron chi connectivity index (χ1n) is 9.83.